The van der Waals surface area contributed by atoms with E-state index in [0.29, 0.717) is 43.0 Å². The van der Waals surface area contributed by atoms with E-state index in [-0.39, 0.29) is 11.7 Å². The number of hydrogen-bond acceptors (Lipinski definition) is 3. The quantitative estimate of drug-likeness (QED) is 0.815. The Morgan fingerprint density at radius 1 is 1.13 bits per heavy atom. The van der Waals surface area contributed by atoms with E-state index in [9.17, 15) is 9.59 Å². The van der Waals surface area contributed by atoms with Crippen molar-refractivity contribution in [3.8, 4) is 5.75 Å². The van der Waals surface area contributed by atoms with Crippen molar-refractivity contribution < 1.29 is 14.3 Å². The molecule has 1 aliphatic heterocycles. The van der Waals surface area contributed by atoms with Crippen LogP contribution in [-0.4, -0.2) is 24.8 Å². The van der Waals surface area contributed by atoms with Gasteiger partial charge in [0.15, 0.2) is 5.78 Å². The third-order valence-corrected chi connectivity index (χ3v) is 4.00. The van der Waals surface area contributed by atoms with Gasteiger partial charge in [-0.05, 0) is 37.1 Å². The summed E-state index contributed by atoms with van der Waals surface area (Å²) in [5.74, 6) is 0.698. The topological polar surface area (TPSA) is 46.6 Å². The first-order valence-electron chi connectivity index (χ1n) is 7.77. The molecule has 0 saturated carbocycles. The highest BCUT2D eigenvalue weighted by Crippen LogP contribution is 2.33. The van der Waals surface area contributed by atoms with Crippen LogP contribution in [-0.2, 0) is 11.2 Å². The average molecular weight is 309 g/mol. The minimum Gasteiger partial charge on any atom is -0.490 e. The molecule has 0 spiro atoms. The van der Waals surface area contributed by atoms with Crippen LogP contribution in [0.1, 0.15) is 29.3 Å². The highest BCUT2D eigenvalue weighted by atomic mass is 16.5. The van der Waals surface area contributed by atoms with Crippen LogP contribution in [0, 0.1) is 0 Å². The molecule has 2 aromatic carbocycles. The van der Waals surface area contributed by atoms with Crippen molar-refractivity contribution in [2.24, 2.45) is 0 Å². The first-order chi connectivity index (χ1) is 11.1. The number of hydrogen-bond donors (Lipinski definition) is 0. The Morgan fingerprint density at radius 3 is 2.65 bits per heavy atom. The summed E-state index contributed by atoms with van der Waals surface area (Å²) < 4.78 is 5.60. The van der Waals surface area contributed by atoms with E-state index >= 15 is 0 Å². The maximum atomic E-state index is 12.6. The Bertz CT molecular complexity index is 725. The summed E-state index contributed by atoms with van der Waals surface area (Å²) in [6.07, 6.45) is 1.15. The highest BCUT2D eigenvalue weighted by molar-refractivity contribution is 5.99. The van der Waals surface area contributed by atoms with E-state index in [0.717, 1.165) is 5.56 Å². The van der Waals surface area contributed by atoms with Gasteiger partial charge < -0.3 is 9.64 Å². The minimum atomic E-state index is -0.0185. The number of ether oxygens (including phenoxy) is 1. The Hall–Kier alpha value is -2.62. The maximum Gasteiger partial charge on any atom is 0.227 e. The van der Waals surface area contributed by atoms with Crippen LogP contribution in [0.25, 0.3) is 0 Å². The lowest BCUT2D eigenvalue weighted by molar-refractivity contribution is -0.118. The number of aryl methyl sites for hydroxylation is 1. The van der Waals surface area contributed by atoms with Gasteiger partial charge in [0.2, 0.25) is 5.91 Å². The van der Waals surface area contributed by atoms with Crippen molar-refractivity contribution >= 4 is 17.4 Å². The third-order valence-electron chi connectivity index (χ3n) is 4.00. The van der Waals surface area contributed by atoms with Gasteiger partial charge in [-0.1, -0.05) is 30.3 Å². The molecule has 1 heterocycles. The molecule has 2 aromatic rings. The number of carbonyl (C=O) groups excluding carboxylic acids is 2. The fraction of sp³-hybridized carbons (Fsp3) is 0.263. The molecule has 1 aliphatic rings. The van der Waals surface area contributed by atoms with Gasteiger partial charge in [-0.25, -0.2) is 0 Å². The van der Waals surface area contributed by atoms with E-state index in [1.165, 1.54) is 6.92 Å². The van der Waals surface area contributed by atoms with Gasteiger partial charge in [0, 0.05) is 12.0 Å². The second-order valence-electron chi connectivity index (χ2n) is 5.62. The number of benzene rings is 2. The lowest BCUT2D eigenvalue weighted by atomic mass is 10.1. The molecule has 118 valence electrons. The largest absolute Gasteiger partial charge is 0.490 e. The minimum absolute atomic E-state index is 0.0185. The van der Waals surface area contributed by atoms with Gasteiger partial charge in [-0.2, -0.15) is 0 Å². The average Bonchev–Trinajstić information content (AvgIpc) is 2.59. The van der Waals surface area contributed by atoms with E-state index in [1.54, 1.807) is 23.1 Å². The summed E-state index contributed by atoms with van der Waals surface area (Å²) in [7, 11) is 0. The zero-order chi connectivity index (χ0) is 16.2. The molecule has 3 rings (SSSR count). The molecule has 23 heavy (non-hydrogen) atoms. The van der Waals surface area contributed by atoms with Crippen LogP contribution in [0.3, 0.4) is 0 Å². The van der Waals surface area contributed by atoms with Crippen molar-refractivity contribution in [1.29, 1.82) is 0 Å². The predicted molar refractivity (Wildman–Crippen MR) is 89.1 cm³/mol. The van der Waals surface area contributed by atoms with Gasteiger partial charge in [0.25, 0.3) is 0 Å². The number of ketones is 1. The number of amides is 1. The summed E-state index contributed by atoms with van der Waals surface area (Å²) in [6.45, 7) is 2.51. The number of rotatable bonds is 4. The Kier molecular flexibility index (Phi) is 4.42. The SMILES string of the molecule is CC(=O)c1ccc2c(c1)N(C(=O)CCc1ccccc1)CCO2. The molecule has 0 N–H and O–H groups in total. The zero-order valence-electron chi connectivity index (χ0n) is 13.1. The number of anilines is 1. The van der Waals surface area contributed by atoms with Crippen LogP contribution in [0.2, 0.25) is 0 Å². The second-order valence-corrected chi connectivity index (χ2v) is 5.62. The van der Waals surface area contributed by atoms with E-state index in [4.69, 9.17) is 4.74 Å². The van der Waals surface area contributed by atoms with Crippen LogP contribution in [0.5, 0.6) is 5.75 Å². The van der Waals surface area contributed by atoms with Crippen LogP contribution >= 0.6 is 0 Å². The molecule has 0 fully saturated rings. The molecule has 4 heteroatoms. The Labute approximate surface area is 135 Å². The van der Waals surface area contributed by atoms with Crippen molar-refractivity contribution in [2.45, 2.75) is 19.8 Å². The summed E-state index contributed by atoms with van der Waals surface area (Å²) in [5, 5.41) is 0. The first-order valence-corrected chi connectivity index (χ1v) is 7.77. The van der Waals surface area contributed by atoms with Gasteiger partial charge in [-0.3, -0.25) is 9.59 Å². The molecular formula is C19H19NO3. The van der Waals surface area contributed by atoms with Crippen LogP contribution < -0.4 is 9.64 Å². The molecule has 0 radical (unpaired) electrons. The van der Waals surface area contributed by atoms with E-state index in [1.807, 2.05) is 30.3 Å². The lowest BCUT2D eigenvalue weighted by Crippen LogP contribution is -2.38. The van der Waals surface area contributed by atoms with Gasteiger partial charge in [0.1, 0.15) is 12.4 Å². The molecule has 0 bridgehead atoms. The number of nitrogens with zero attached hydrogens (tertiary/aromatic N) is 1. The summed E-state index contributed by atoms with van der Waals surface area (Å²) in [6, 6.07) is 15.2. The first kappa shape index (κ1) is 15.3. The summed E-state index contributed by atoms with van der Waals surface area (Å²) in [4.78, 5) is 25.9. The summed E-state index contributed by atoms with van der Waals surface area (Å²) in [5.41, 5.74) is 2.43. The molecule has 1 amide bonds. The number of Topliss-reactive ketones (excluding diaryl/α,β-unsaturated/α-hetero) is 1. The van der Waals surface area contributed by atoms with Crippen LogP contribution in [0.4, 0.5) is 5.69 Å². The normalized spacial score (nSPS) is 13.2. The fourth-order valence-corrected chi connectivity index (χ4v) is 2.73. The standard InChI is InChI=1S/C19H19NO3/c1-14(21)16-8-9-18-17(13-16)20(11-12-23-18)19(22)10-7-15-5-3-2-4-6-15/h2-6,8-9,13H,7,10-12H2,1H3. The van der Waals surface area contributed by atoms with Gasteiger partial charge in [-0.15, -0.1) is 0 Å². The number of carbonyl (C=O) groups is 2. The molecule has 0 aromatic heterocycles. The zero-order valence-corrected chi connectivity index (χ0v) is 13.1. The van der Waals surface area contributed by atoms with E-state index in [2.05, 4.69) is 0 Å². The Morgan fingerprint density at radius 2 is 1.91 bits per heavy atom. The maximum absolute atomic E-state index is 12.6. The van der Waals surface area contributed by atoms with Crippen molar-refractivity contribution in [2.75, 3.05) is 18.1 Å². The fourth-order valence-electron chi connectivity index (χ4n) is 2.73. The monoisotopic (exact) mass is 309 g/mol. The molecule has 0 aliphatic carbocycles. The molecule has 0 atom stereocenters. The highest BCUT2D eigenvalue weighted by Gasteiger charge is 2.24. The van der Waals surface area contributed by atoms with Gasteiger partial charge in [0.05, 0.1) is 12.2 Å². The van der Waals surface area contributed by atoms with Crippen LogP contribution in [0.15, 0.2) is 48.5 Å². The second kappa shape index (κ2) is 6.65. The number of fused-ring (bicyclic) bond motifs is 1. The lowest BCUT2D eigenvalue weighted by Gasteiger charge is -2.30. The Balaban J connectivity index is 1.77. The van der Waals surface area contributed by atoms with Crippen molar-refractivity contribution in [3.63, 3.8) is 0 Å². The van der Waals surface area contributed by atoms with E-state index < -0.39 is 0 Å². The molecule has 0 unspecified atom stereocenters. The van der Waals surface area contributed by atoms with Gasteiger partial charge >= 0.3 is 0 Å². The smallest absolute Gasteiger partial charge is 0.227 e. The molecular weight excluding hydrogens is 290 g/mol. The third kappa shape index (κ3) is 3.42. The predicted octanol–water partition coefficient (Wildman–Crippen LogP) is 3.25. The van der Waals surface area contributed by atoms with Crippen molar-refractivity contribution in [3.05, 3.63) is 59.7 Å². The molecule has 0 saturated heterocycles. The van der Waals surface area contributed by atoms with Crippen molar-refractivity contribution in [1.82, 2.24) is 0 Å². The summed E-state index contributed by atoms with van der Waals surface area (Å²) >= 11 is 0. The molecule has 4 nitrogen and oxygen atoms in total.